The number of nitrogens with zero attached hydrogens (tertiary/aromatic N) is 1. The van der Waals surface area contributed by atoms with Crippen LogP contribution in [0.25, 0.3) is 0 Å². The van der Waals surface area contributed by atoms with Crippen LogP contribution in [0.2, 0.25) is 0 Å². The molecule has 2 aliphatic rings. The molecule has 6 heteroatoms. The number of aliphatic imine (C=N–C) groups is 1. The van der Waals surface area contributed by atoms with Crippen molar-refractivity contribution < 1.29 is 9.47 Å². The van der Waals surface area contributed by atoms with Gasteiger partial charge in [-0.3, -0.25) is 4.99 Å². The molecule has 0 bridgehead atoms. The number of nitrogens with one attached hydrogen (secondary N) is 2. The summed E-state index contributed by atoms with van der Waals surface area (Å²) in [7, 11) is 1.79. The highest BCUT2D eigenvalue weighted by Crippen LogP contribution is 2.18. The molecule has 0 radical (unpaired) electrons. The third-order valence-corrected chi connectivity index (χ3v) is 2.52. The number of rotatable bonds is 3. The topological polar surface area (TPSA) is 54.9 Å². The Kier molecular flexibility index (Phi) is 6.37. The molecule has 0 aromatic heterocycles. The molecule has 0 aromatic rings. The first-order valence-electron chi connectivity index (χ1n) is 5.55. The van der Waals surface area contributed by atoms with Crippen LogP contribution in [0.4, 0.5) is 0 Å². The quantitative estimate of drug-likeness (QED) is 0.442. The summed E-state index contributed by atoms with van der Waals surface area (Å²) in [4.78, 5) is 4.15. The van der Waals surface area contributed by atoms with Gasteiger partial charge in [0.15, 0.2) is 5.96 Å². The summed E-state index contributed by atoms with van der Waals surface area (Å²) in [5, 5.41) is 6.57. The molecule has 1 saturated carbocycles. The van der Waals surface area contributed by atoms with Crippen molar-refractivity contribution in [2.45, 2.75) is 25.0 Å². The van der Waals surface area contributed by atoms with Crippen molar-refractivity contribution in [3.05, 3.63) is 0 Å². The number of hydrogen-bond acceptors (Lipinski definition) is 3. The summed E-state index contributed by atoms with van der Waals surface area (Å²) in [6, 6.07) is 0.625. The van der Waals surface area contributed by atoms with Crippen LogP contribution in [0.15, 0.2) is 4.99 Å². The van der Waals surface area contributed by atoms with Crippen LogP contribution in [0.1, 0.15) is 12.8 Å². The number of ether oxygens (including phenoxy) is 2. The summed E-state index contributed by atoms with van der Waals surface area (Å²) in [6.45, 7) is 2.84. The molecule has 1 atom stereocenters. The predicted molar refractivity (Wildman–Crippen MR) is 73.5 cm³/mol. The van der Waals surface area contributed by atoms with Gasteiger partial charge in [-0.15, -0.1) is 24.0 Å². The van der Waals surface area contributed by atoms with Crippen molar-refractivity contribution in [2.24, 2.45) is 4.99 Å². The van der Waals surface area contributed by atoms with Crippen LogP contribution in [0, 0.1) is 0 Å². The smallest absolute Gasteiger partial charge is 0.191 e. The summed E-state index contributed by atoms with van der Waals surface area (Å²) >= 11 is 0. The van der Waals surface area contributed by atoms with Gasteiger partial charge in [0.25, 0.3) is 0 Å². The lowest BCUT2D eigenvalue weighted by molar-refractivity contribution is -0.0850. The molecular formula is C10H20IN3O2. The third kappa shape index (κ3) is 4.84. The molecule has 1 aliphatic carbocycles. The molecule has 2 N–H and O–H groups in total. The normalized spacial score (nSPS) is 25.8. The Labute approximate surface area is 113 Å². The maximum atomic E-state index is 5.52. The first-order valence-corrected chi connectivity index (χ1v) is 5.55. The van der Waals surface area contributed by atoms with Crippen molar-refractivity contribution in [1.82, 2.24) is 10.6 Å². The van der Waals surface area contributed by atoms with Crippen LogP contribution >= 0.6 is 24.0 Å². The van der Waals surface area contributed by atoms with Crippen LogP contribution < -0.4 is 10.6 Å². The van der Waals surface area contributed by atoms with Gasteiger partial charge in [0, 0.05) is 19.6 Å². The third-order valence-electron chi connectivity index (χ3n) is 2.52. The Hall–Kier alpha value is -0.0800. The summed E-state index contributed by atoms with van der Waals surface area (Å²) in [6.07, 6.45) is 2.66. The van der Waals surface area contributed by atoms with Gasteiger partial charge in [-0.05, 0) is 12.8 Å². The fraction of sp³-hybridized carbons (Fsp3) is 0.900. The first-order chi connectivity index (χ1) is 7.38. The Balaban J connectivity index is 0.00000128. The summed E-state index contributed by atoms with van der Waals surface area (Å²) in [5.74, 6) is 0.867. The lowest BCUT2D eigenvalue weighted by Gasteiger charge is -2.23. The van der Waals surface area contributed by atoms with E-state index in [9.17, 15) is 0 Å². The van der Waals surface area contributed by atoms with Crippen molar-refractivity contribution in [1.29, 1.82) is 0 Å². The molecule has 5 nitrogen and oxygen atoms in total. The molecule has 0 aromatic carbocycles. The van der Waals surface area contributed by atoms with Crippen LogP contribution in [0.3, 0.4) is 0 Å². The molecule has 2 fully saturated rings. The van der Waals surface area contributed by atoms with Gasteiger partial charge in [-0.25, -0.2) is 0 Å². The highest BCUT2D eigenvalue weighted by atomic mass is 127. The molecule has 1 saturated heterocycles. The lowest BCUT2D eigenvalue weighted by atomic mass is 10.3. The minimum atomic E-state index is 0. The van der Waals surface area contributed by atoms with E-state index in [-0.39, 0.29) is 30.1 Å². The average molecular weight is 341 g/mol. The Bertz CT molecular complexity index is 228. The van der Waals surface area contributed by atoms with Crippen LogP contribution in [0.5, 0.6) is 0 Å². The van der Waals surface area contributed by atoms with Crippen molar-refractivity contribution >= 4 is 29.9 Å². The van der Waals surface area contributed by atoms with E-state index in [1.165, 1.54) is 12.8 Å². The SMILES string of the molecule is CN=C(NCC1COCCO1)NC1CC1.I. The first kappa shape index (κ1) is 14.0. The molecule has 0 spiro atoms. The zero-order chi connectivity index (χ0) is 10.5. The van der Waals surface area contributed by atoms with E-state index in [0.29, 0.717) is 25.9 Å². The van der Waals surface area contributed by atoms with E-state index < -0.39 is 0 Å². The molecule has 0 amide bonds. The van der Waals surface area contributed by atoms with Crippen molar-refractivity contribution in [3.8, 4) is 0 Å². The minimum absolute atomic E-state index is 0. The predicted octanol–water partition coefficient (Wildman–Crippen LogP) is 0.347. The maximum Gasteiger partial charge on any atom is 0.191 e. The van der Waals surface area contributed by atoms with E-state index in [1.807, 2.05) is 0 Å². The monoisotopic (exact) mass is 341 g/mol. The summed E-state index contributed by atoms with van der Waals surface area (Å²) < 4.78 is 10.8. The standard InChI is InChI=1S/C10H19N3O2.HI/c1-11-10(13-8-2-3-8)12-6-9-7-14-4-5-15-9;/h8-9H,2-7H2,1H3,(H2,11,12,13);1H. The molecular weight excluding hydrogens is 321 g/mol. The largest absolute Gasteiger partial charge is 0.376 e. The van der Waals surface area contributed by atoms with Gasteiger partial charge >= 0.3 is 0 Å². The fourth-order valence-corrected chi connectivity index (χ4v) is 1.48. The van der Waals surface area contributed by atoms with Crippen LogP contribution in [-0.4, -0.2) is 51.5 Å². The van der Waals surface area contributed by atoms with Crippen LogP contribution in [-0.2, 0) is 9.47 Å². The molecule has 2 rings (SSSR count). The van der Waals surface area contributed by atoms with E-state index in [4.69, 9.17) is 9.47 Å². The molecule has 1 heterocycles. The van der Waals surface area contributed by atoms with E-state index in [2.05, 4.69) is 15.6 Å². The van der Waals surface area contributed by atoms with Gasteiger partial charge in [0.05, 0.1) is 25.9 Å². The van der Waals surface area contributed by atoms with Gasteiger partial charge in [-0.2, -0.15) is 0 Å². The van der Waals surface area contributed by atoms with Gasteiger partial charge < -0.3 is 20.1 Å². The highest BCUT2D eigenvalue weighted by molar-refractivity contribution is 14.0. The summed E-state index contributed by atoms with van der Waals surface area (Å²) in [5.41, 5.74) is 0. The maximum absolute atomic E-state index is 5.52. The Morgan fingerprint density at radius 3 is 2.75 bits per heavy atom. The van der Waals surface area contributed by atoms with E-state index >= 15 is 0 Å². The van der Waals surface area contributed by atoms with E-state index in [0.717, 1.165) is 12.5 Å². The van der Waals surface area contributed by atoms with E-state index in [1.54, 1.807) is 7.05 Å². The van der Waals surface area contributed by atoms with Gasteiger partial charge in [-0.1, -0.05) is 0 Å². The Morgan fingerprint density at radius 2 is 2.19 bits per heavy atom. The molecule has 16 heavy (non-hydrogen) atoms. The minimum Gasteiger partial charge on any atom is -0.376 e. The molecule has 1 unspecified atom stereocenters. The fourth-order valence-electron chi connectivity index (χ4n) is 1.48. The van der Waals surface area contributed by atoms with Gasteiger partial charge in [0.2, 0.25) is 0 Å². The second-order valence-electron chi connectivity index (χ2n) is 3.94. The molecule has 94 valence electrons. The Morgan fingerprint density at radius 1 is 1.38 bits per heavy atom. The number of guanidine groups is 1. The van der Waals surface area contributed by atoms with Gasteiger partial charge in [0.1, 0.15) is 0 Å². The second-order valence-corrected chi connectivity index (χ2v) is 3.94. The highest BCUT2D eigenvalue weighted by Gasteiger charge is 2.22. The van der Waals surface area contributed by atoms with Crippen molar-refractivity contribution in [3.63, 3.8) is 0 Å². The number of hydrogen-bond donors (Lipinski definition) is 2. The molecule has 1 aliphatic heterocycles. The van der Waals surface area contributed by atoms with Crippen molar-refractivity contribution in [2.75, 3.05) is 33.4 Å². The number of halogens is 1. The average Bonchev–Trinajstić information content (AvgIpc) is 3.09. The zero-order valence-electron chi connectivity index (χ0n) is 9.57. The lowest BCUT2D eigenvalue weighted by Crippen LogP contribution is -2.45. The second kappa shape index (κ2) is 7.29. The zero-order valence-corrected chi connectivity index (χ0v) is 11.9.